The first kappa shape index (κ1) is 16.7. The number of fused-ring (bicyclic) bond motifs is 3. The highest BCUT2D eigenvalue weighted by atomic mass is 32.2. The molecule has 1 aliphatic carbocycles. The number of carbonyl (C=O) groups excluding carboxylic acids is 1. The van der Waals surface area contributed by atoms with Crippen molar-refractivity contribution >= 4 is 39.1 Å². The fourth-order valence-electron chi connectivity index (χ4n) is 3.37. The van der Waals surface area contributed by atoms with Crippen LogP contribution in [0.4, 0.5) is 0 Å². The van der Waals surface area contributed by atoms with Crippen LogP contribution in [-0.2, 0) is 12.8 Å². The van der Waals surface area contributed by atoms with Crippen LogP contribution in [0.15, 0.2) is 35.4 Å². The third-order valence-corrected chi connectivity index (χ3v) is 6.88. The number of ketones is 1. The first-order valence-corrected chi connectivity index (χ1v) is 10.4. The Morgan fingerprint density at radius 3 is 2.72 bits per heavy atom. The van der Waals surface area contributed by atoms with Gasteiger partial charge < -0.3 is 0 Å². The predicted octanol–water partition coefficient (Wildman–Crippen LogP) is 5.24. The summed E-state index contributed by atoms with van der Waals surface area (Å²) in [4.78, 5) is 24.6. The quantitative estimate of drug-likeness (QED) is 0.359. The van der Waals surface area contributed by atoms with Crippen molar-refractivity contribution < 1.29 is 4.79 Å². The fraction of sp³-hybridized carbons (Fsp3) is 0.350. The monoisotopic (exact) mass is 368 g/mol. The van der Waals surface area contributed by atoms with E-state index >= 15 is 0 Å². The average molecular weight is 369 g/mol. The number of thiophene rings is 1. The Kier molecular flexibility index (Phi) is 4.61. The molecule has 0 bridgehead atoms. The average Bonchev–Trinajstić information content (AvgIpc) is 2.99. The molecule has 1 aromatic carbocycles. The van der Waals surface area contributed by atoms with Gasteiger partial charge >= 0.3 is 0 Å². The van der Waals surface area contributed by atoms with E-state index in [0.29, 0.717) is 0 Å². The van der Waals surface area contributed by atoms with Gasteiger partial charge in [0.2, 0.25) is 0 Å². The maximum atomic E-state index is 12.7. The molecule has 0 unspecified atom stereocenters. The molecule has 2 aromatic heterocycles. The molecule has 1 aliphatic rings. The Hall–Kier alpha value is -1.72. The van der Waals surface area contributed by atoms with Crippen molar-refractivity contribution in [1.29, 1.82) is 0 Å². The molecule has 3 nitrogen and oxygen atoms in total. The Labute approximate surface area is 155 Å². The zero-order valence-corrected chi connectivity index (χ0v) is 16.0. The number of rotatable bonds is 4. The summed E-state index contributed by atoms with van der Waals surface area (Å²) in [7, 11) is 0. The third-order valence-electron chi connectivity index (χ3n) is 4.61. The summed E-state index contributed by atoms with van der Waals surface area (Å²) in [6, 6.07) is 9.52. The highest BCUT2D eigenvalue weighted by Crippen LogP contribution is 2.40. The molecule has 128 valence electrons. The summed E-state index contributed by atoms with van der Waals surface area (Å²) in [5.74, 6) is 0.937. The second kappa shape index (κ2) is 6.89. The molecule has 0 amide bonds. The van der Waals surface area contributed by atoms with Crippen molar-refractivity contribution in [3.05, 3.63) is 52.2 Å². The number of aryl methyl sites for hydroxylation is 3. The number of Topliss-reactive ketones (excluding diaryl/α,β-unsaturated/α-hetero) is 1. The second-order valence-corrected chi connectivity index (χ2v) is 8.87. The van der Waals surface area contributed by atoms with E-state index in [1.807, 2.05) is 55.5 Å². The van der Waals surface area contributed by atoms with E-state index in [2.05, 4.69) is 4.98 Å². The molecule has 0 fully saturated rings. The van der Waals surface area contributed by atoms with Gasteiger partial charge in [-0.1, -0.05) is 42.1 Å². The SMILES string of the molecule is Cc1nc(S[C@@H](C)C(=O)c2ccccc2)c2c3c(sc2n1)CCCC3. The lowest BCUT2D eigenvalue weighted by atomic mass is 9.97. The van der Waals surface area contributed by atoms with Crippen molar-refractivity contribution in [3.8, 4) is 0 Å². The molecular weight excluding hydrogens is 348 g/mol. The van der Waals surface area contributed by atoms with Crippen LogP contribution in [0.25, 0.3) is 10.2 Å². The molecule has 0 radical (unpaired) electrons. The summed E-state index contributed by atoms with van der Waals surface area (Å²) < 4.78 is 0. The number of benzene rings is 1. The van der Waals surface area contributed by atoms with Gasteiger partial charge in [-0.2, -0.15) is 0 Å². The topological polar surface area (TPSA) is 42.9 Å². The van der Waals surface area contributed by atoms with Crippen LogP contribution in [0.1, 0.15) is 46.4 Å². The van der Waals surface area contributed by atoms with Crippen LogP contribution in [0, 0.1) is 6.92 Å². The minimum Gasteiger partial charge on any atom is -0.293 e. The molecule has 0 aliphatic heterocycles. The Morgan fingerprint density at radius 2 is 1.92 bits per heavy atom. The van der Waals surface area contributed by atoms with Crippen molar-refractivity contribution in [2.24, 2.45) is 0 Å². The van der Waals surface area contributed by atoms with Crippen LogP contribution >= 0.6 is 23.1 Å². The fourth-order valence-corrected chi connectivity index (χ4v) is 5.84. The van der Waals surface area contributed by atoms with E-state index in [0.717, 1.165) is 34.1 Å². The predicted molar refractivity (Wildman–Crippen MR) is 105 cm³/mol. The Balaban J connectivity index is 1.71. The van der Waals surface area contributed by atoms with E-state index in [4.69, 9.17) is 4.98 Å². The molecule has 1 atom stereocenters. The smallest absolute Gasteiger partial charge is 0.175 e. The first-order chi connectivity index (χ1) is 12.1. The Morgan fingerprint density at radius 1 is 1.16 bits per heavy atom. The number of hydrogen-bond acceptors (Lipinski definition) is 5. The second-order valence-electron chi connectivity index (χ2n) is 6.46. The van der Waals surface area contributed by atoms with Gasteiger partial charge in [-0.25, -0.2) is 9.97 Å². The molecule has 3 aromatic rings. The lowest BCUT2D eigenvalue weighted by Gasteiger charge is -2.14. The van der Waals surface area contributed by atoms with Crippen molar-refractivity contribution in [3.63, 3.8) is 0 Å². The van der Waals surface area contributed by atoms with Crippen molar-refractivity contribution in [1.82, 2.24) is 9.97 Å². The van der Waals surface area contributed by atoms with Gasteiger partial charge in [0.05, 0.1) is 5.25 Å². The van der Waals surface area contributed by atoms with Gasteiger partial charge in [-0.3, -0.25) is 4.79 Å². The number of nitrogens with zero attached hydrogens (tertiary/aromatic N) is 2. The van der Waals surface area contributed by atoms with E-state index in [9.17, 15) is 4.79 Å². The molecule has 0 saturated heterocycles. The molecule has 0 saturated carbocycles. The van der Waals surface area contributed by atoms with Crippen molar-refractivity contribution in [2.45, 2.75) is 49.8 Å². The van der Waals surface area contributed by atoms with E-state index < -0.39 is 0 Å². The molecule has 2 heterocycles. The van der Waals surface area contributed by atoms with Gasteiger partial charge in [-0.05, 0) is 45.1 Å². The lowest BCUT2D eigenvalue weighted by molar-refractivity contribution is 0.0994. The first-order valence-electron chi connectivity index (χ1n) is 8.68. The van der Waals surface area contributed by atoms with E-state index in [1.54, 1.807) is 11.8 Å². The maximum absolute atomic E-state index is 12.7. The standard InChI is InChI=1S/C20H20N2OS2/c1-12(18(23)14-8-4-3-5-9-14)24-19-17-15-10-6-7-11-16(15)25-20(17)22-13(2)21-19/h3-5,8-9,12H,6-7,10-11H2,1-2H3/t12-/m0/s1. The van der Waals surface area contributed by atoms with E-state index in [1.165, 1.54) is 28.7 Å². The number of hydrogen-bond donors (Lipinski definition) is 0. The zero-order valence-electron chi connectivity index (χ0n) is 14.4. The number of thioether (sulfide) groups is 1. The normalized spacial score (nSPS) is 15.1. The summed E-state index contributed by atoms with van der Waals surface area (Å²) in [6.07, 6.45) is 4.75. The summed E-state index contributed by atoms with van der Waals surface area (Å²) in [5, 5.41) is 2.00. The number of aromatic nitrogens is 2. The van der Waals surface area contributed by atoms with Crippen molar-refractivity contribution in [2.75, 3.05) is 0 Å². The Bertz CT molecular complexity index is 934. The molecule has 5 heteroatoms. The molecule has 0 N–H and O–H groups in total. The van der Waals surface area contributed by atoms with Gasteiger partial charge in [-0.15, -0.1) is 11.3 Å². The van der Waals surface area contributed by atoms with Crippen LogP contribution in [0.5, 0.6) is 0 Å². The maximum Gasteiger partial charge on any atom is 0.175 e. The van der Waals surface area contributed by atoms with Gasteiger partial charge in [0.1, 0.15) is 15.7 Å². The van der Waals surface area contributed by atoms with Gasteiger partial charge in [0, 0.05) is 15.8 Å². The summed E-state index contributed by atoms with van der Waals surface area (Å²) >= 11 is 3.38. The molecule has 4 rings (SSSR count). The van der Waals surface area contributed by atoms with Crippen LogP contribution in [0.3, 0.4) is 0 Å². The largest absolute Gasteiger partial charge is 0.293 e. The summed E-state index contributed by atoms with van der Waals surface area (Å²) in [6.45, 7) is 3.91. The zero-order chi connectivity index (χ0) is 17.4. The minimum absolute atomic E-state index is 0.152. The van der Waals surface area contributed by atoms with Crippen LogP contribution in [-0.4, -0.2) is 21.0 Å². The highest BCUT2D eigenvalue weighted by molar-refractivity contribution is 8.00. The third kappa shape index (κ3) is 3.23. The highest BCUT2D eigenvalue weighted by Gasteiger charge is 2.24. The van der Waals surface area contributed by atoms with Crippen LogP contribution < -0.4 is 0 Å². The summed E-state index contributed by atoms with van der Waals surface area (Å²) in [5.41, 5.74) is 2.19. The minimum atomic E-state index is -0.168. The molecular formula is C20H20N2OS2. The van der Waals surface area contributed by atoms with Crippen LogP contribution in [0.2, 0.25) is 0 Å². The molecule has 0 spiro atoms. The molecule has 25 heavy (non-hydrogen) atoms. The number of carbonyl (C=O) groups is 1. The van der Waals surface area contributed by atoms with Gasteiger partial charge in [0.25, 0.3) is 0 Å². The van der Waals surface area contributed by atoms with Gasteiger partial charge in [0.15, 0.2) is 5.78 Å². The lowest BCUT2D eigenvalue weighted by Crippen LogP contribution is -2.14. The van der Waals surface area contributed by atoms with E-state index in [-0.39, 0.29) is 11.0 Å².